The highest BCUT2D eigenvalue weighted by molar-refractivity contribution is 6.31. The molecule has 3 aromatic rings. The van der Waals surface area contributed by atoms with Gasteiger partial charge in [0.15, 0.2) is 11.2 Å². The summed E-state index contributed by atoms with van der Waals surface area (Å²) in [7, 11) is 3.28. The van der Waals surface area contributed by atoms with Gasteiger partial charge in [0.25, 0.3) is 5.56 Å². The number of benzene rings is 1. The number of halogens is 1. The van der Waals surface area contributed by atoms with Gasteiger partial charge in [-0.15, -0.1) is 0 Å². The van der Waals surface area contributed by atoms with Crippen LogP contribution in [0.3, 0.4) is 0 Å². The van der Waals surface area contributed by atoms with Crippen LogP contribution in [-0.2, 0) is 20.6 Å². The Bertz CT molecular complexity index is 1090. The predicted molar refractivity (Wildman–Crippen MR) is 106 cm³/mol. The molecule has 0 spiro atoms. The lowest BCUT2D eigenvalue weighted by Crippen LogP contribution is -2.39. The Balaban J connectivity index is 2.17. The van der Waals surface area contributed by atoms with Gasteiger partial charge >= 0.3 is 5.69 Å². The average Bonchev–Trinajstić information content (AvgIpc) is 2.99. The Morgan fingerprint density at radius 2 is 1.93 bits per heavy atom. The maximum atomic E-state index is 13.0. The molecule has 3 rings (SSSR count). The largest absolute Gasteiger partial charge is 0.394 e. The lowest BCUT2D eigenvalue weighted by molar-refractivity contribution is 0.271. The minimum atomic E-state index is -0.466. The topological polar surface area (TPSA) is 94.1 Å². The van der Waals surface area contributed by atoms with Crippen LogP contribution in [0.25, 0.3) is 11.2 Å². The first-order chi connectivity index (χ1) is 12.9. The zero-order chi connectivity index (χ0) is 19.7. The Morgan fingerprint density at radius 3 is 2.56 bits per heavy atom. The van der Waals surface area contributed by atoms with Gasteiger partial charge in [-0.25, -0.2) is 4.79 Å². The zero-order valence-electron chi connectivity index (χ0n) is 15.4. The first kappa shape index (κ1) is 19.2. The molecule has 1 aromatic carbocycles. The van der Waals surface area contributed by atoms with Crippen molar-refractivity contribution < 1.29 is 5.11 Å². The number of imidazole rings is 1. The first-order valence-corrected chi connectivity index (χ1v) is 9.03. The average molecular weight is 392 g/mol. The quantitative estimate of drug-likeness (QED) is 0.661. The molecule has 0 unspecified atom stereocenters. The summed E-state index contributed by atoms with van der Waals surface area (Å²) in [6, 6.07) is 6.91. The van der Waals surface area contributed by atoms with E-state index >= 15 is 0 Å². The van der Waals surface area contributed by atoms with Gasteiger partial charge in [0.05, 0.1) is 19.2 Å². The number of rotatable bonds is 6. The monoisotopic (exact) mass is 391 g/mol. The molecule has 0 radical (unpaired) electrons. The van der Waals surface area contributed by atoms with E-state index in [1.807, 2.05) is 6.92 Å². The zero-order valence-corrected chi connectivity index (χ0v) is 16.2. The van der Waals surface area contributed by atoms with Crippen LogP contribution < -0.4 is 16.6 Å². The fourth-order valence-electron chi connectivity index (χ4n) is 2.97. The van der Waals surface area contributed by atoms with E-state index in [1.165, 1.54) is 4.57 Å². The van der Waals surface area contributed by atoms with Crippen molar-refractivity contribution >= 4 is 28.7 Å². The molecule has 0 saturated heterocycles. The lowest BCUT2D eigenvalue weighted by Gasteiger charge is -2.14. The van der Waals surface area contributed by atoms with Crippen molar-refractivity contribution in [1.29, 1.82) is 0 Å². The minimum Gasteiger partial charge on any atom is -0.394 e. The molecule has 2 heterocycles. The highest BCUT2D eigenvalue weighted by Crippen LogP contribution is 2.17. The van der Waals surface area contributed by atoms with Gasteiger partial charge in [-0.1, -0.05) is 36.7 Å². The van der Waals surface area contributed by atoms with Crippen molar-refractivity contribution in [2.45, 2.75) is 25.9 Å². The van der Waals surface area contributed by atoms with Gasteiger partial charge in [0, 0.05) is 19.1 Å². The normalized spacial score (nSPS) is 12.5. The minimum absolute atomic E-state index is 0.0601. The van der Waals surface area contributed by atoms with Crippen molar-refractivity contribution in [2.75, 3.05) is 11.9 Å². The molecule has 0 saturated carbocycles. The fraction of sp³-hybridized carbons (Fsp3) is 0.389. The molecule has 2 N–H and O–H groups in total. The maximum absolute atomic E-state index is 13.0. The molecule has 27 heavy (non-hydrogen) atoms. The van der Waals surface area contributed by atoms with E-state index in [4.69, 9.17) is 11.6 Å². The molecule has 2 aromatic heterocycles. The van der Waals surface area contributed by atoms with Crippen LogP contribution in [0.5, 0.6) is 0 Å². The molecule has 144 valence electrons. The second-order valence-corrected chi connectivity index (χ2v) is 6.83. The number of nitrogens with zero attached hydrogens (tertiary/aromatic N) is 4. The molecule has 0 fully saturated rings. The molecule has 1 atom stereocenters. The van der Waals surface area contributed by atoms with Gasteiger partial charge in [-0.3, -0.25) is 13.9 Å². The second-order valence-electron chi connectivity index (χ2n) is 6.42. The summed E-state index contributed by atoms with van der Waals surface area (Å²) >= 11 is 6.19. The fourth-order valence-corrected chi connectivity index (χ4v) is 3.16. The summed E-state index contributed by atoms with van der Waals surface area (Å²) in [5, 5.41) is 13.0. The second kappa shape index (κ2) is 7.58. The molecular weight excluding hydrogens is 370 g/mol. The molecule has 0 aliphatic heterocycles. The molecular formula is C18H22ClN5O3. The van der Waals surface area contributed by atoms with Crippen molar-refractivity contribution in [3.8, 4) is 0 Å². The number of fused-ring (bicyclic) bond motifs is 1. The van der Waals surface area contributed by atoms with Crippen LogP contribution in [-0.4, -0.2) is 36.4 Å². The third kappa shape index (κ3) is 3.38. The van der Waals surface area contributed by atoms with E-state index in [2.05, 4.69) is 10.3 Å². The Hall–Kier alpha value is -2.58. The summed E-state index contributed by atoms with van der Waals surface area (Å²) in [5.41, 5.74) is 0.376. The van der Waals surface area contributed by atoms with E-state index in [0.717, 1.165) is 4.57 Å². The van der Waals surface area contributed by atoms with Gasteiger partial charge in [-0.05, 0) is 18.1 Å². The molecule has 8 nitrogen and oxygen atoms in total. The number of hydrogen-bond donors (Lipinski definition) is 2. The Morgan fingerprint density at radius 1 is 1.22 bits per heavy atom. The standard InChI is InChI=1S/C18H22ClN5O3/c1-4-12(10-25)20-17-21-15-14(22(17)2)16(26)24(18(27)23(15)3)9-11-7-5-6-8-13(11)19/h5-8,12,25H,4,9-10H2,1-3H3,(H,20,21)/t12-/m1/s1. The maximum Gasteiger partial charge on any atom is 0.332 e. The number of nitrogens with one attached hydrogen (secondary N) is 1. The summed E-state index contributed by atoms with van der Waals surface area (Å²) in [4.78, 5) is 30.2. The van der Waals surface area contributed by atoms with E-state index in [1.54, 1.807) is 42.9 Å². The van der Waals surface area contributed by atoms with Gasteiger partial charge < -0.3 is 15.0 Å². The summed E-state index contributed by atoms with van der Waals surface area (Å²) in [6.45, 7) is 1.95. The van der Waals surface area contributed by atoms with Crippen molar-refractivity contribution in [3.05, 3.63) is 55.7 Å². The van der Waals surface area contributed by atoms with Crippen molar-refractivity contribution in [1.82, 2.24) is 18.7 Å². The van der Waals surface area contributed by atoms with E-state index in [0.29, 0.717) is 34.1 Å². The first-order valence-electron chi connectivity index (χ1n) is 8.66. The molecule has 0 bridgehead atoms. The highest BCUT2D eigenvalue weighted by Gasteiger charge is 2.20. The van der Waals surface area contributed by atoms with Gasteiger partial charge in [-0.2, -0.15) is 4.98 Å². The third-order valence-corrected chi connectivity index (χ3v) is 5.06. The van der Waals surface area contributed by atoms with E-state index in [9.17, 15) is 14.7 Å². The Kier molecular flexibility index (Phi) is 5.38. The number of anilines is 1. The van der Waals surface area contributed by atoms with Crippen LogP contribution in [0.15, 0.2) is 33.9 Å². The van der Waals surface area contributed by atoms with E-state index in [-0.39, 0.29) is 19.2 Å². The smallest absolute Gasteiger partial charge is 0.332 e. The lowest BCUT2D eigenvalue weighted by atomic mass is 10.2. The Labute approximate surface area is 160 Å². The van der Waals surface area contributed by atoms with Crippen LogP contribution in [0.4, 0.5) is 5.95 Å². The predicted octanol–water partition coefficient (Wildman–Crippen LogP) is 1.32. The van der Waals surface area contributed by atoms with Gasteiger partial charge in [0.1, 0.15) is 0 Å². The van der Waals surface area contributed by atoms with Crippen LogP contribution in [0.1, 0.15) is 18.9 Å². The number of aliphatic hydroxyl groups is 1. The van der Waals surface area contributed by atoms with Gasteiger partial charge in [0.2, 0.25) is 5.95 Å². The number of hydrogen-bond acceptors (Lipinski definition) is 5. The SMILES string of the molecule is CC[C@H](CO)Nc1nc2c(c(=O)n(Cc3ccccc3Cl)c(=O)n2C)n1C. The van der Waals surface area contributed by atoms with Crippen molar-refractivity contribution in [3.63, 3.8) is 0 Å². The molecule has 0 amide bonds. The summed E-state index contributed by atoms with van der Waals surface area (Å²) < 4.78 is 4.11. The number of aryl methyl sites for hydroxylation is 2. The van der Waals surface area contributed by atoms with Crippen molar-refractivity contribution in [2.24, 2.45) is 14.1 Å². The van der Waals surface area contributed by atoms with Crippen LogP contribution >= 0.6 is 11.6 Å². The molecule has 9 heteroatoms. The summed E-state index contributed by atoms with van der Waals surface area (Å²) in [6.07, 6.45) is 0.690. The molecule has 0 aliphatic carbocycles. The number of aromatic nitrogens is 4. The number of aliphatic hydroxyl groups excluding tert-OH is 1. The third-order valence-electron chi connectivity index (χ3n) is 4.69. The molecule has 0 aliphatic rings. The van der Waals surface area contributed by atoms with Crippen LogP contribution in [0.2, 0.25) is 5.02 Å². The van der Waals surface area contributed by atoms with Crippen LogP contribution in [0, 0.1) is 0 Å². The highest BCUT2D eigenvalue weighted by atomic mass is 35.5. The summed E-state index contributed by atoms with van der Waals surface area (Å²) in [5.74, 6) is 0.425. The van der Waals surface area contributed by atoms with E-state index < -0.39 is 11.2 Å².